The van der Waals surface area contributed by atoms with Gasteiger partial charge in [-0.25, -0.2) is 14.0 Å². The molecular formula is C20H16FNO4. The van der Waals surface area contributed by atoms with E-state index in [1.165, 1.54) is 26.4 Å². The zero-order chi connectivity index (χ0) is 18.7. The summed E-state index contributed by atoms with van der Waals surface area (Å²) >= 11 is 0. The van der Waals surface area contributed by atoms with Gasteiger partial charge in [0.1, 0.15) is 17.1 Å². The maximum absolute atomic E-state index is 13.3. The number of H-pyrrole nitrogens is 1. The predicted molar refractivity (Wildman–Crippen MR) is 94.3 cm³/mol. The second kappa shape index (κ2) is 7.23. The highest BCUT2D eigenvalue weighted by Crippen LogP contribution is 2.37. The molecule has 0 spiro atoms. The summed E-state index contributed by atoms with van der Waals surface area (Å²) < 4.78 is 23.0. The largest absolute Gasteiger partial charge is 0.465 e. The first-order valence-corrected chi connectivity index (χ1v) is 7.80. The fraction of sp³-hybridized carbons (Fsp3) is 0.100. The molecule has 26 heavy (non-hydrogen) atoms. The third-order valence-corrected chi connectivity index (χ3v) is 3.97. The molecule has 132 valence electrons. The van der Waals surface area contributed by atoms with Gasteiger partial charge in [-0.15, -0.1) is 0 Å². The standard InChI is InChI=1S/C20H16FNO4/c1-25-19(23)16-15(12-6-4-3-5-7-12)17(22-18(16)20(24)26-2)13-8-10-14(21)11-9-13/h3-11,22H,1-2H3. The molecule has 0 unspecified atom stereocenters. The van der Waals surface area contributed by atoms with Crippen molar-refractivity contribution in [2.45, 2.75) is 0 Å². The maximum Gasteiger partial charge on any atom is 0.355 e. The predicted octanol–water partition coefficient (Wildman–Crippen LogP) is 4.06. The Morgan fingerprint density at radius 2 is 1.46 bits per heavy atom. The van der Waals surface area contributed by atoms with Crippen LogP contribution in [0.25, 0.3) is 22.4 Å². The molecule has 0 saturated heterocycles. The van der Waals surface area contributed by atoms with E-state index in [1.54, 1.807) is 12.1 Å². The molecular weight excluding hydrogens is 337 g/mol. The summed E-state index contributed by atoms with van der Waals surface area (Å²) in [6.45, 7) is 0. The zero-order valence-electron chi connectivity index (χ0n) is 14.2. The number of carbonyl (C=O) groups excluding carboxylic acids is 2. The lowest BCUT2D eigenvalue weighted by Gasteiger charge is -2.08. The number of hydrogen-bond acceptors (Lipinski definition) is 4. The summed E-state index contributed by atoms with van der Waals surface area (Å²) in [7, 11) is 2.47. The van der Waals surface area contributed by atoms with Crippen LogP contribution >= 0.6 is 0 Å². The SMILES string of the molecule is COC(=O)c1[nH]c(-c2ccc(F)cc2)c(-c2ccccc2)c1C(=O)OC. The summed E-state index contributed by atoms with van der Waals surface area (Å²) in [4.78, 5) is 27.6. The van der Waals surface area contributed by atoms with E-state index in [1.807, 2.05) is 30.3 Å². The maximum atomic E-state index is 13.3. The highest BCUT2D eigenvalue weighted by Gasteiger charge is 2.29. The van der Waals surface area contributed by atoms with Crippen LogP contribution in [0, 0.1) is 5.82 Å². The number of benzene rings is 2. The van der Waals surface area contributed by atoms with Crippen LogP contribution < -0.4 is 0 Å². The van der Waals surface area contributed by atoms with Crippen LogP contribution in [0.3, 0.4) is 0 Å². The van der Waals surface area contributed by atoms with E-state index >= 15 is 0 Å². The van der Waals surface area contributed by atoms with Gasteiger partial charge < -0.3 is 14.5 Å². The lowest BCUT2D eigenvalue weighted by Crippen LogP contribution is -2.11. The van der Waals surface area contributed by atoms with E-state index in [0.717, 1.165) is 0 Å². The van der Waals surface area contributed by atoms with E-state index < -0.39 is 11.9 Å². The van der Waals surface area contributed by atoms with Gasteiger partial charge in [-0.2, -0.15) is 0 Å². The van der Waals surface area contributed by atoms with Crippen LogP contribution in [-0.4, -0.2) is 31.1 Å². The molecule has 1 aromatic heterocycles. The first-order chi connectivity index (χ1) is 12.6. The van der Waals surface area contributed by atoms with Gasteiger partial charge in [-0.1, -0.05) is 30.3 Å². The van der Waals surface area contributed by atoms with Crippen molar-refractivity contribution in [1.29, 1.82) is 0 Å². The summed E-state index contributed by atoms with van der Waals surface area (Å²) in [6.07, 6.45) is 0. The van der Waals surface area contributed by atoms with Gasteiger partial charge in [0.05, 0.1) is 19.9 Å². The molecule has 0 atom stereocenters. The molecule has 0 bridgehead atoms. The number of nitrogens with one attached hydrogen (secondary N) is 1. The summed E-state index contributed by atoms with van der Waals surface area (Å²) in [5, 5.41) is 0. The number of methoxy groups -OCH3 is 2. The molecule has 1 N–H and O–H groups in total. The Balaban J connectivity index is 2.36. The van der Waals surface area contributed by atoms with Crippen molar-refractivity contribution in [3.8, 4) is 22.4 Å². The third-order valence-electron chi connectivity index (χ3n) is 3.97. The highest BCUT2D eigenvalue weighted by molar-refractivity contribution is 6.10. The molecule has 0 aliphatic carbocycles. The van der Waals surface area contributed by atoms with Gasteiger partial charge in [0.25, 0.3) is 0 Å². The van der Waals surface area contributed by atoms with Crippen molar-refractivity contribution >= 4 is 11.9 Å². The lowest BCUT2D eigenvalue weighted by molar-refractivity contribution is 0.0552. The number of carbonyl (C=O) groups is 2. The number of aromatic nitrogens is 1. The van der Waals surface area contributed by atoms with Crippen LogP contribution in [0.4, 0.5) is 4.39 Å². The van der Waals surface area contributed by atoms with Crippen molar-refractivity contribution in [3.05, 3.63) is 71.7 Å². The Bertz CT molecular complexity index is 946. The molecule has 2 aromatic carbocycles. The minimum atomic E-state index is -0.698. The van der Waals surface area contributed by atoms with Gasteiger partial charge in [-0.05, 0) is 35.4 Å². The van der Waals surface area contributed by atoms with Crippen molar-refractivity contribution in [1.82, 2.24) is 4.98 Å². The first-order valence-electron chi connectivity index (χ1n) is 7.80. The molecule has 1 heterocycles. The lowest BCUT2D eigenvalue weighted by atomic mass is 9.97. The van der Waals surface area contributed by atoms with Crippen LogP contribution in [0.5, 0.6) is 0 Å². The van der Waals surface area contributed by atoms with Gasteiger partial charge in [0, 0.05) is 5.56 Å². The molecule has 3 rings (SSSR count). The Kier molecular flexibility index (Phi) is 4.84. The average Bonchev–Trinajstić information content (AvgIpc) is 3.08. The van der Waals surface area contributed by atoms with Gasteiger partial charge in [-0.3, -0.25) is 0 Å². The van der Waals surface area contributed by atoms with E-state index in [0.29, 0.717) is 22.4 Å². The number of ether oxygens (including phenoxy) is 2. The van der Waals surface area contributed by atoms with Crippen molar-refractivity contribution in [2.24, 2.45) is 0 Å². The average molecular weight is 353 g/mol. The second-order valence-electron chi connectivity index (χ2n) is 5.48. The Morgan fingerprint density at radius 3 is 2.04 bits per heavy atom. The highest BCUT2D eigenvalue weighted by atomic mass is 19.1. The smallest absolute Gasteiger partial charge is 0.355 e. The van der Waals surface area contributed by atoms with Gasteiger partial charge >= 0.3 is 11.9 Å². The van der Waals surface area contributed by atoms with Crippen molar-refractivity contribution in [2.75, 3.05) is 14.2 Å². The normalized spacial score (nSPS) is 10.4. The molecule has 0 fully saturated rings. The molecule has 0 aliphatic heterocycles. The van der Waals surface area contributed by atoms with Crippen LogP contribution in [0.1, 0.15) is 20.8 Å². The van der Waals surface area contributed by atoms with Crippen LogP contribution in [0.15, 0.2) is 54.6 Å². The second-order valence-corrected chi connectivity index (χ2v) is 5.48. The molecule has 3 aromatic rings. The van der Waals surface area contributed by atoms with E-state index in [-0.39, 0.29) is 17.1 Å². The minimum absolute atomic E-state index is 0.0162. The number of esters is 2. The van der Waals surface area contributed by atoms with Crippen LogP contribution in [-0.2, 0) is 9.47 Å². The van der Waals surface area contributed by atoms with Gasteiger partial charge in [0.15, 0.2) is 0 Å². The number of aromatic amines is 1. The summed E-state index contributed by atoms with van der Waals surface area (Å²) in [6, 6.07) is 14.8. The molecule has 0 saturated carbocycles. The minimum Gasteiger partial charge on any atom is -0.465 e. The van der Waals surface area contributed by atoms with E-state index in [4.69, 9.17) is 9.47 Å². The van der Waals surface area contributed by atoms with Crippen molar-refractivity contribution < 1.29 is 23.5 Å². The Hall–Kier alpha value is -3.41. The summed E-state index contributed by atoms with van der Waals surface area (Å²) in [5.41, 5.74) is 2.37. The number of halogens is 1. The van der Waals surface area contributed by atoms with E-state index in [9.17, 15) is 14.0 Å². The monoisotopic (exact) mass is 353 g/mol. The third kappa shape index (κ3) is 3.09. The Morgan fingerprint density at radius 1 is 0.846 bits per heavy atom. The molecule has 0 radical (unpaired) electrons. The topological polar surface area (TPSA) is 68.4 Å². The quantitative estimate of drug-likeness (QED) is 0.718. The fourth-order valence-electron chi connectivity index (χ4n) is 2.79. The van der Waals surface area contributed by atoms with Gasteiger partial charge in [0.2, 0.25) is 0 Å². The molecule has 0 amide bonds. The van der Waals surface area contributed by atoms with E-state index in [2.05, 4.69) is 4.98 Å². The Labute approximate surface area is 149 Å². The fourth-order valence-corrected chi connectivity index (χ4v) is 2.79. The number of hydrogen-bond donors (Lipinski definition) is 1. The number of rotatable bonds is 4. The molecule has 6 heteroatoms. The molecule has 0 aliphatic rings. The first kappa shape index (κ1) is 17.4. The van der Waals surface area contributed by atoms with Crippen molar-refractivity contribution in [3.63, 3.8) is 0 Å². The zero-order valence-corrected chi connectivity index (χ0v) is 14.2. The van der Waals surface area contributed by atoms with Crippen LogP contribution in [0.2, 0.25) is 0 Å². The molecule has 5 nitrogen and oxygen atoms in total. The summed E-state index contributed by atoms with van der Waals surface area (Å²) in [5.74, 6) is -1.76.